The average Bonchev–Trinajstić information content (AvgIpc) is 2.29. The highest BCUT2D eigenvalue weighted by Crippen LogP contribution is 2.15. The summed E-state index contributed by atoms with van der Waals surface area (Å²) in [6, 6.07) is 3.60. The maximum atomic E-state index is 12.0. The van der Waals surface area contributed by atoms with Gasteiger partial charge in [0.25, 0.3) is 0 Å². The Bertz CT molecular complexity index is 380. The summed E-state index contributed by atoms with van der Waals surface area (Å²) < 4.78 is 0. The summed E-state index contributed by atoms with van der Waals surface area (Å²) in [4.78, 5) is 17.8. The van der Waals surface area contributed by atoms with Gasteiger partial charge in [-0.2, -0.15) is 0 Å². The van der Waals surface area contributed by atoms with Crippen LogP contribution < -0.4 is 10.6 Å². The lowest BCUT2D eigenvalue weighted by atomic mass is 10.1. The number of aromatic nitrogens is 1. The number of rotatable bonds is 4. The topological polar surface area (TPSA) is 59.2 Å². The number of thiocarbonyl (C=S) groups is 1. The van der Waals surface area contributed by atoms with E-state index in [1.165, 1.54) is 4.90 Å². The minimum Gasteiger partial charge on any atom is -0.393 e. The molecule has 1 aromatic heterocycles. The van der Waals surface area contributed by atoms with Gasteiger partial charge < -0.3 is 10.6 Å². The van der Waals surface area contributed by atoms with Gasteiger partial charge in [0.15, 0.2) is 0 Å². The van der Waals surface area contributed by atoms with Crippen LogP contribution in [0.3, 0.4) is 0 Å². The molecule has 0 saturated heterocycles. The maximum absolute atomic E-state index is 12.0. The fraction of sp³-hybridized carbons (Fsp3) is 0.364. The van der Waals surface area contributed by atoms with Gasteiger partial charge in [-0.15, -0.1) is 0 Å². The first-order chi connectivity index (χ1) is 7.57. The van der Waals surface area contributed by atoms with Crippen molar-refractivity contribution in [3.8, 4) is 0 Å². The second-order valence-electron chi connectivity index (χ2n) is 3.47. The van der Waals surface area contributed by atoms with Crippen molar-refractivity contribution in [1.82, 2.24) is 4.98 Å². The molecule has 1 amide bonds. The van der Waals surface area contributed by atoms with E-state index in [9.17, 15) is 4.79 Å². The molecule has 1 aromatic rings. The van der Waals surface area contributed by atoms with E-state index in [2.05, 4.69) is 4.98 Å². The molecular formula is C11H15N3OS. The predicted octanol–water partition coefficient (Wildman–Crippen LogP) is 1.36. The van der Waals surface area contributed by atoms with Gasteiger partial charge in [-0.05, 0) is 18.6 Å². The fourth-order valence-corrected chi connectivity index (χ4v) is 1.68. The van der Waals surface area contributed by atoms with Crippen molar-refractivity contribution in [2.24, 2.45) is 11.7 Å². The molecule has 1 rings (SSSR count). The molecule has 4 nitrogen and oxygen atoms in total. The van der Waals surface area contributed by atoms with Gasteiger partial charge in [-0.3, -0.25) is 9.78 Å². The highest BCUT2D eigenvalue weighted by Gasteiger charge is 2.23. The molecule has 0 radical (unpaired) electrons. The zero-order valence-corrected chi connectivity index (χ0v) is 10.2. The van der Waals surface area contributed by atoms with Crippen LogP contribution in [0.4, 0.5) is 5.69 Å². The standard InChI is InChI=1S/C11H15N3OS/c1-3-9(10(12)16)11(15)14(2)8-5-4-6-13-7-8/h4-7,9H,3H2,1-2H3,(H2,12,16). The van der Waals surface area contributed by atoms with Crippen LogP contribution in [0.1, 0.15) is 13.3 Å². The van der Waals surface area contributed by atoms with Gasteiger partial charge in [0.1, 0.15) is 0 Å². The normalized spacial score (nSPS) is 11.9. The summed E-state index contributed by atoms with van der Waals surface area (Å²) in [7, 11) is 1.69. The van der Waals surface area contributed by atoms with Crippen molar-refractivity contribution >= 4 is 28.8 Å². The Labute approximate surface area is 100 Å². The van der Waals surface area contributed by atoms with Crippen molar-refractivity contribution in [3.63, 3.8) is 0 Å². The zero-order chi connectivity index (χ0) is 12.1. The summed E-state index contributed by atoms with van der Waals surface area (Å²) in [6.07, 6.45) is 3.90. The van der Waals surface area contributed by atoms with Crippen LogP contribution in [0.15, 0.2) is 24.5 Å². The maximum Gasteiger partial charge on any atom is 0.236 e. The van der Waals surface area contributed by atoms with Crippen LogP contribution in [-0.4, -0.2) is 22.9 Å². The van der Waals surface area contributed by atoms with Crippen molar-refractivity contribution in [2.45, 2.75) is 13.3 Å². The summed E-state index contributed by atoms with van der Waals surface area (Å²) >= 11 is 4.88. The van der Waals surface area contributed by atoms with Crippen molar-refractivity contribution in [1.29, 1.82) is 0 Å². The molecular weight excluding hydrogens is 222 g/mol. The summed E-state index contributed by atoms with van der Waals surface area (Å²) in [5, 5.41) is 0. The first-order valence-corrected chi connectivity index (χ1v) is 5.45. The number of nitrogens with two attached hydrogens (primary N) is 1. The van der Waals surface area contributed by atoms with Crippen LogP contribution in [0, 0.1) is 5.92 Å². The van der Waals surface area contributed by atoms with Gasteiger partial charge in [0.05, 0.1) is 22.8 Å². The van der Waals surface area contributed by atoms with Gasteiger partial charge in [0.2, 0.25) is 5.91 Å². The average molecular weight is 237 g/mol. The van der Waals surface area contributed by atoms with Crippen LogP contribution >= 0.6 is 12.2 Å². The highest BCUT2D eigenvalue weighted by molar-refractivity contribution is 7.80. The Kier molecular flexibility index (Phi) is 4.37. The molecule has 0 saturated carbocycles. The van der Waals surface area contributed by atoms with E-state index in [0.29, 0.717) is 6.42 Å². The quantitative estimate of drug-likeness (QED) is 0.803. The number of carbonyl (C=O) groups is 1. The van der Waals surface area contributed by atoms with Crippen molar-refractivity contribution in [2.75, 3.05) is 11.9 Å². The smallest absolute Gasteiger partial charge is 0.236 e. The number of anilines is 1. The van der Waals surface area contributed by atoms with Crippen LogP contribution in [0.25, 0.3) is 0 Å². The van der Waals surface area contributed by atoms with Crippen molar-refractivity contribution in [3.05, 3.63) is 24.5 Å². The minimum absolute atomic E-state index is 0.0944. The third kappa shape index (κ3) is 2.76. The summed E-state index contributed by atoms with van der Waals surface area (Å²) in [5.74, 6) is -0.497. The van der Waals surface area contributed by atoms with E-state index >= 15 is 0 Å². The molecule has 2 N–H and O–H groups in total. The van der Waals surface area contributed by atoms with E-state index in [4.69, 9.17) is 18.0 Å². The molecule has 0 aliphatic rings. The second-order valence-corrected chi connectivity index (χ2v) is 3.94. The molecule has 0 aliphatic heterocycles. The fourth-order valence-electron chi connectivity index (χ4n) is 1.41. The van der Waals surface area contributed by atoms with Gasteiger partial charge in [-0.1, -0.05) is 19.1 Å². The molecule has 0 aromatic carbocycles. The van der Waals surface area contributed by atoms with Crippen molar-refractivity contribution < 1.29 is 4.79 Å². The van der Waals surface area contributed by atoms with Gasteiger partial charge in [-0.25, -0.2) is 0 Å². The Balaban J connectivity index is 2.86. The van der Waals surface area contributed by atoms with Gasteiger partial charge in [0, 0.05) is 13.2 Å². The number of amides is 1. The van der Waals surface area contributed by atoms with Crippen LogP contribution in [-0.2, 0) is 4.79 Å². The second kappa shape index (κ2) is 5.55. The Morgan fingerprint density at radius 1 is 1.69 bits per heavy atom. The number of nitrogens with zero attached hydrogens (tertiary/aromatic N) is 2. The minimum atomic E-state index is -0.403. The molecule has 1 atom stereocenters. The molecule has 1 heterocycles. The number of hydrogen-bond acceptors (Lipinski definition) is 3. The zero-order valence-electron chi connectivity index (χ0n) is 9.38. The van der Waals surface area contributed by atoms with Crippen LogP contribution in [0.5, 0.6) is 0 Å². The SMILES string of the molecule is CCC(C(=O)N(C)c1cccnc1)C(N)=S. The van der Waals surface area contributed by atoms with E-state index in [0.717, 1.165) is 5.69 Å². The van der Waals surface area contributed by atoms with Gasteiger partial charge >= 0.3 is 0 Å². The molecule has 0 aliphatic carbocycles. The molecule has 0 spiro atoms. The van der Waals surface area contributed by atoms with E-state index in [-0.39, 0.29) is 10.9 Å². The predicted molar refractivity (Wildman–Crippen MR) is 68.2 cm³/mol. The van der Waals surface area contributed by atoms with Crippen LogP contribution in [0.2, 0.25) is 0 Å². The first kappa shape index (κ1) is 12.6. The molecule has 0 fully saturated rings. The number of pyridine rings is 1. The lowest BCUT2D eigenvalue weighted by Gasteiger charge is -2.21. The van der Waals surface area contributed by atoms with E-state index < -0.39 is 5.92 Å². The number of hydrogen-bond donors (Lipinski definition) is 1. The highest BCUT2D eigenvalue weighted by atomic mass is 32.1. The summed E-state index contributed by atoms with van der Waals surface area (Å²) in [5.41, 5.74) is 6.27. The lowest BCUT2D eigenvalue weighted by Crippen LogP contribution is -2.38. The molecule has 16 heavy (non-hydrogen) atoms. The third-order valence-electron chi connectivity index (χ3n) is 2.41. The molecule has 5 heteroatoms. The van der Waals surface area contributed by atoms with E-state index in [1.807, 2.05) is 13.0 Å². The lowest BCUT2D eigenvalue weighted by molar-refractivity contribution is -0.120. The monoisotopic (exact) mass is 237 g/mol. The third-order valence-corrected chi connectivity index (χ3v) is 2.70. The first-order valence-electron chi connectivity index (χ1n) is 5.04. The molecule has 1 unspecified atom stereocenters. The molecule has 86 valence electrons. The summed E-state index contributed by atoms with van der Waals surface area (Å²) in [6.45, 7) is 1.89. The Morgan fingerprint density at radius 3 is 2.81 bits per heavy atom. The Hall–Kier alpha value is -1.49. The Morgan fingerprint density at radius 2 is 2.38 bits per heavy atom. The van der Waals surface area contributed by atoms with E-state index in [1.54, 1.807) is 25.5 Å². The number of carbonyl (C=O) groups excluding carboxylic acids is 1. The molecule has 0 bridgehead atoms. The largest absolute Gasteiger partial charge is 0.393 e.